The highest BCUT2D eigenvalue weighted by atomic mass is 16.5. The molecule has 3 N–H and O–H groups in total. The number of aromatic hydroxyl groups is 1. The minimum Gasteiger partial charge on any atom is -0.507 e. The van der Waals surface area contributed by atoms with Crippen molar-refractivity contribution in [2.45, 2.75) is 13.5 Å². The van der Waals surface area contributed by atoms with Gasteiger partial charge in [0.2, 0.25) is 0 Å². The van der Waals surface area contributed by atoms with Gasteiger partial charge >= 0.3 is 5.97 Å². The Kier molecular flexibility index (Phi) is 5.12. The van der Waals surface area contributed by atoms with Gasteiger partial charge in [0.1, 0.15) is 23.7 Å². The summed E-state index contributed by atoms with van der Waals surface area (Å²) in [5, 5.41) is 21.2. The summed E-state index contributed by atoms with van der Waals surface area (Å²) in [7, 11) is 0. The number of hydrogen-bond acceptors (Lipinski definition) is 5. The predicted octanol–water partition coefficient (Wildman–Crippen LogP) is 3.82. The Bertz CT molecular complexity index is 974. The molecule has 0 aliphatic carbocycles. The molecular weight excluding hydrogens is 350 g/mol. The predicted molar refractivity (Wildman–Crippen MR) is 97.2 cm³/mol. The van der Waals surface area contributed by atoms with Crippen molar-refractivity contribution in [2.75, 3.05) is 5.32 Å². The molecule has 0 fully saturated rings. The molecule has 3 rings (SSSR count). The fourth-order valence-corrected chi connectivity index (χ4v) is 2.42. The van der Waals surface area contributed by atoms with Crippen LogP contribution in [0.1, 0.15) is 32.0 Å². The van der Waals surface area contributed by atoms with Gasteiger partial charge in [-0.2, -0.15) is 0 Å². The number of phenols is 1. The summed E-state index contributed by atoms with van der Waals surface area (Å²) in [5.74, 6) is -1.17. The Balaban J connectivity index is 1.71. The number of aromatic carboxylic acids is 1. The Morgan fingerprint density at radius 3 is 2.52 bits per heavy atom. The molecule has 0 aliphatic rings. The highest BCUT2D eigenvalue weighted by Gasteiger charge is 2.17. The number of nitrogens with one attached hydrogen (secondary N) is 1. The number of aryl methyl sites for hydroxylation is 1. The summed E-state index contributed by atoms with van der Waals surface area (Å²) in [6.45, 7) is 2.03. The normalized spacial score (nSPS) is 10.4. The molecule has 0 saturated carbocycles. The molecule has 0 saturated heterocycles. The standard InChI is InChI=1S/C20H17NO6/c1-12-2-5-14(6-3-12)27-11-18-15(8-9-26-18)19(23)21-13-4-7-17(22)16(10-13)20(24)25/h2-10,22H,11H2,1H3,(H,21,23)(H,24,25). The number of ether oxygens (including phenoxy) is 1. The lowest BCUT2D eigenvalue weighted by molar-refractivity contribution is 0.0693. The third-order valence-corrected chi connectivity index (χ3v) is 3.87. The number of hydrogen-bond donors (Lipinski definition) is 3. The lowest BCUT2D eigenvalue weighted by Gasteiger charge is -2.08. The zero-order chi connectivity index (χ0) is 19.4. The lowest BCUT2D eigenvalue weighted by atomic mass is 10.1. The third-order valence-electron chi connectivity index (χ3n) is 3.87. The van der Waals surface area contributed by atoms with E-state index in [9.17, 15) is 14.7 Å². The monoisotopic (exact) mass is 367 g/mol. The third kappa shape index (κ3) is 4.27. The van der Waals surface area contributed by atoms with E-state index < -0.39 is 11.9 Å². The molecule has 1 heterocycles. The number of rotatable bonds is 6. The van der Waals surface area contributed by atoms with E-state index in [0.717, 1.165) is 5.56 Å². The summed E-state index contributed by atoms with van der Waals surface area (Å²) in [5.41, 5.74) is 1.31. The summed E-state index contributed by atoms with van der Waals surface area (Å²) in [6, 6.07) is 12.8. The van der Waals surface area contributed by atoms with Crippen molar-refractivity contribution in [1.82, 2.24) is 0 Å². The molecule has 0 atom stereocenters. The average molecular weight is 367 g/mol. The first kappa shape index (κ1) is 18.1. The molecule has 0 unspecified atom stereocenters. The zero-order valence-corrected chi connectivity index (χ0v) is 14.4. The zero-order valence-electron chi connectivity index (χ0n) is 14.4. The van der Waals surface area contributed by atoms with Crippen LogP contribution in [-0.4, -0.2) is 22.1 Å². The van der Waals surface area contributed by atoms with Crippen LogP contribution < -0.4 is 10.1 Å². The highest BCUT2D eigenvalue weighted by Crippen LogP contribution is 2.23. The Morgan fingerprint density at radius 1 is 1.07 bits per heavy atom. The van der Waals surface area contributed by atoms with Gasteiger partial charge in [0, 0.05) is 5.69 Å². The second-order valence-electron chi connectivity index (χ2n) is 5.85. The molecule has 1 amide bonds. The number of anilines is 1. The summed E-state index contributed by atoms with van der Waals surface area (Å²) in [6.07, 6.45) is 1.38. The van der Waals surface area contributed by atoms with E-state index in [1.807, 2.05) is 31.2 Å². The second kappa shape index (κ2) is 7.65. The van der Waals surface area contributed by atoms with E-state index in [2.05, 4.69) is 5.32 Å². The molecule has 0 radical (unpaired) electrons. The van der Waals surface area contributed by atoms with Gasteiger partial charge in [-0.3, -0.25) is 4.79 Å². The van der Waals surface area contributed by atoms with Gasteiger partial charge < -0.3 is 24.7 Å². The van der Waals surface area contributed by atoms with E-state index in [1.54, 1.807) is 0 Å². The van der Waals surface area contributed by atoms with Crippen LogP contribution in [0.15, 0.2) is 59.2 Å². The van der Waals surface area contributed by atoms with E-state index in [-0.39, 0.29) is 29.2 Å². The van der Waals surface area contributed by atoms with Crippen molar-refractivity contribution in [1.29, 1.82) is 0 Å². The maximum Gasteiger partial charge on any atom is 0.339 e. The van der Waals surface area contributed by atoms with Gasteiger partial charge in [-0.25, -0.2) is 4.79 Å². The van der Waals surface area contributed by atoms with Gasteiger partial charge in [0.05, 0.1) is 11.8 Å². The van der Waals surface area contributed by atoms with Gasteiger partial charge in [-0.05, 0) is 43.3 Å². The summed E-state index contributed by atoms with van der Waals surface area (Å²) >= 11 is 0. The molecule has 0 spiro atoms. The Hall–Kier alpha value is -3.74. The smallest absolute Gasteiger partial charge is 0.339 e. The maximum atomic E-state index is 12.5. The van der Waals surface area contributed by atoms with Gasteiger partial charge in [0.15, 0.2) is 5.76 Å². The fraction of sp³-hybridized carbons (Fsp3) is 0.100. The SMILES string of the molecule is Cc1ccc(OCc2occc2C(=O)Nc2ccc(O)c(C(=O)O)c2)cc1. The molecule has 138 valence electrons. The average Bonchev–Trinajstić information content (AvgIpc) is 3.11. The minimum absolute atomic E-state index is 0.0643. The molecule has 2 aromatic carbocycles. The van der Waals surface area contributed by atoms with Crippen LogP contribution in [0.5, 0.6) is 11.5 Å². The number of carbonyl (C=O) groups is 2. The molecule has 0 bridgehead atoms. The molecule has 1 aromatic heterocycles. The first-order valence-electron chi connectivity index (χ1n) is 8.07. The Morgan fingerprint density at radius 2 is 1.81 bits per heavy atom. The van der Waals surface area contributed by atoms with Crippen LogP contribution in [0.25, 0.3) is 0 Å². The Labute approximate surface area is 154 Å². The fourth-order valence-electron chi connectivity index (χ4n) is 2.42. The van der Waals surface area contributed by atoms with Crippen LogP contribution in [0, 0.1) is 6.92 Å². The molecule has 3 aromatic rings. The van der Waals surface area contributed by atoms with Gasteiger partial charge in [0.25, 0.3) is 5.91 Å². The number of carboxylic acids is 1. The molecule has 27 heavy (non-hydrogen) atoms. The van der Waals surface area contributed by atoms with Crippen LogP contribution in [0.3, 0.4) is 0 Å². The number of amides is 1. The van der Waals surface area contributed by atoms with Crippen LogP contribution in [0.2, 0.25) is 0 Å². The van der Waals surface area contributed by atoms with Crippen LogP contribution in [0.4, 0.5) is 5.69 Å². The lowest BCUT2D eigenvalue weighted by Crippen LogP contribution is -2.14. The maximum absolute atomic E-state index is 12.5. The van der Waals surface area contributed by atoms with Crippen molar-refractivity contribution in [3.05, 3.63) is 77.2 Å². The number of benzene rings is 2. The van der Waals surface area contributed by atoms with E-state index >= 15 is 0 Å². The van der Waals surface area contributed by atoms with Crippen LogP contribution >= 0.6 is 0 Å². The quantitative estimate of drug-likeness (QED) is 0.572. The van der Waals surface area contributed by atoms with Gasteiger partial charge in [-0.15, -0.1) is 0 Å². The van der Waals surface area contributed by atoms with E-state index in [4.69, 9.17) is 14.3 Å². The van der Waals surface area contributed by atoms with Crippen molar-refractivity contribution in [2.24, 2.45) is 0 Å². The molecular formula is C20H17NO6. The number of carboxylic acid groups (broad SMARTS) is 1. The van der Waals surface area contributed by atoms with Crippen molar-refractivity contribution >= 4 is 17.6 Å². The minimum atomic E-state index is -1.29. The molecule has 7 heteroatoms. The summed E-state index contributed by atoms with van der Waals surface area (Å²) < 4.78 is 11.0. The molecule has 7 nitrogen and oxygen atoms in total. The molecule has 0 aliphatic heterocycles. The second-order valence-corrected chi connectivity index (χ2v) is 5.85. The van der Waals surface area contributed by atoms with Crippen molar-refractivity contribution in [3.63, 3.8) is 0 Å². The van der Waals surface area contributed by atoms with E-state index in [0.29, 0.717) is 11.5 Å². The topological polar surface area (TPSA) is 109 Å². The van der Waals surface area contributed by atoms with Crippen molar-refractivity contribution < 1.29 is 29.0 Å². The first-order chi connectivity index (χ1) is 12.9. The highest BCUT2D eigenvalue weighted by molar-refractivity contribution is 6.05. The van der Waals surface area contributed by atoms with Crippen molar-refractivity contribution in [3.8, 4) is 11.5 Å². The number of furan rings is 1. The summed E-state index contributed by atoms with van der Waals surface area (Å²) in [4.78, 5) is 23.6. The van der Waals surface area contributed by atoms with Crippen LogP contribution in [-0.2, 0) is 6.61 Å². The number of carbonyl (C=O) groups excluding carboxylic acids is 1. The first-order valence-corrected chi connectivity index (χ1v) is 8.07. The largest absolute Gasteiger partial charge is 0.507 e. The van der Waals surface area contributed by atoms with E-state index in [1.165, 1.54) is 30.5 Å². The van der Waals surface area contributed by atoms with Gasteiger partial charge in [-0.1, -0.05) is 17.7 Å².